The molecule has 0 aromatic heterocycles. The number of hydrogen-bond acceptors (Lipinski definition) is 3. The van der Waals surface area contributed by atoms with Crippen LogP contribution in [-0.2, 0) is 9.53 Å². The van der Waals surface area contributed by atoms with Gasteiger partial charge in [-0.15, -0.1) is 0 Å². The summed E-state index contributed by atoms with van der Waals surface area (Å²) in [5.74, 6) is -0.853. The minimum Gasteiger partial charge on any atom is -0.378 e. The van der Waals surface area contributed by atoms with Crippen molar-refractivity contribution >= 4 is 11.7 Å². The van der Waals surface area contributed by atoms with E-state index in [4.69, 9.17) is 4.74 Å². The van der Waals surface area contributed by atoms with Crippen molar-refractivity contribution in [1.29, 1.82) is 0 Å². The van der Waals surface area contributed by atoms with E-state index in [9.17, 15) is 9.59 Å². The Morgan fingerprint density at radius 1 is 1.00 bits per heavy atom. The average Bonchev–Trinajstić information content (AvgIpc) is 2.59. The number of likely N-dealkylation sites (tertiary alicyclic amines) is 1. The molecule has 0 atom stereocenters. The van der Waals surface area contributed by atoms with Crippen molar-refractivity contribution in [3.05, 3.63) is 35.9 Å². The maximum absolute atomic E-state index is 13.1. The van der Waals surface area contributed by atoms with Crippen LogP contribution in [0.2, 0.25) is 0 Å². The molecule has 0 bridgehead atoms. The van der Waals surface area contributed by atoms with Crippen molar-refractivity contribution in [2.45, 2.75) is 90.3 Å². The molecule has 1 aromatic carbocycles. The Morgan fingerprint density at radius 2 is 1.59 bits per heavy atom. The van der Waals surface area contributed by atoms with Gasteiger partial charge in [0.2, 0.25) is 5.78 Å². The molecule has 4 nitrogen and oxygen atoms in total. The fourth-order valence-corrected chi connectivity index (χ4v) is 4.45. The van der Waals surface area contributed by atoms with Crippen molar-refractivity contribution in [1.82, 2.24) is 4.90 Å². The number of ether oxygens (including phenoxy) is 1. The third-order valence-electron chi connectivity index (χ3n) is 5.45. The highest BCUT2D eigenvalue weighted by Gasteiger charge is 2.49. The van der Waals surface area contributed by atoms with Crippen LogP contribution in [0.15, 0.2) is 30.3 Å². The van der Waals surface area contributed by atoms with Crippen molar-refractivity contribution in [3.8, 4) is 0 Å². The zero-order valence-electron chi connectivity index (χ0n) is 17.6. The molecule has 2 rings (SSSR count). The zero-order valence-corrected chi connectivity index (χ0v) is 17.6. The van der Waals surface area contributed by atoms with Crippen LogP contribution < -0.4 is 0 Å². The first-order chi connectivity index (χ1) is 12.7. The molecule has 1 amide bonds. The third kappa shape index (κ3) is 5.41. The monoisotopic (exact) mass is 373 g/mol. The number of carbonyl (C=O) groups excluding carboxylic acids is 2. The molecule has 0 aliphatic carbocycles. The Morgan fingerprint density at radius 3 is 2.15 bits per heavy atom. The molecule has 4 heteroatoms. The van der Waals surface area contributed by atoms with E-state index >= 15 is 0 Å². The van der Waals surface area contributed by atoms with Gasteiger partial charge >= 0.3 is 0 Å². The lowest BCUT2D eigenvalue weighted by atomic mass is 9.77. The first kappa shape index (κ1) is 21.6. The first-order valence-electron chi connectivity index (χ1n) is 10.2. The van der Waals surface area contributed by atoms with Gasteiger partial charge in [0, 0.05) is 23.2 Å². The summed E-state index contributed by atoms with van der Waals surface area (Å²) in [6.07, 6.45) is 6.36. The zero-order chi connectivity index (χ0) is 20.1. The summed E-state index contributed by atoms with van der Waals surface area (Å²) < 4.78 is 6.15. The summed E-state index contributed by atoms with van der Waals surface area (Å²) in [6.45, 7) is 11.1. The molecule has 1 saturated heterocycles. The van der Waals surface area contributed by atoms with Crippen LogP contribution in [0, 0.1) is 0 Å². The normalized spacial score (nSPS) is 19.1. The second kappa shape index (κ2) is 9.01. The van der Waals surface area contributed by atoms with Gasteiger partial charge in [-0.2, -0.15) is 0 Å². The number of carbonyl (C=O) groups is 2. The van der Waals surface area contributed by atoms with Gasteiger partial charge in [-0.25, -0.2) is 0 Å². The van der Waals surface area contributed by atoms with Gasteiger partial charge in [0.15, 0.2) is 0 Å². The van der Waals surface area contributed by atoms with Crippen molar-refractivity contribution in [2.24, 2.45) is 0 Å². The van der Waals surface area contributed by atoms with E-state index in [2.05, 4.69) is 6.92 Å². The van der Waals surface area contributed by atoms with Gasteiger partial charge in [-0.05, 0) is 47.0 Å². The van der Waals surface area contributed by atoms with E-state index in [0.717, 1.165) is 25.9 Å². The number of Topliss-reactive ketones (excluding diaryl/α,β-unsaturated/α-hetero) is 1. The molecule has 0 unspecified atom stereocenters. The van der Waals surface area contributed by atoms with E-state index < -0.39 is 22.8 Å². The predicted molar refractivity (Wildman–Crippen MR) is 109 cm³/mol. The molecule has 0 radical (unpaired) electrons. The minimum absolute atomic E-state index is 0.118. The number of rotatable bonds is 8. The number of benzene rings is 1. The first-order valence-corrected chi connectivity index (χ1v) is 10.2. The molecule has 1 aliphatic heterocycles. The second-order valence-corrected chi connectivity index (χ2v) is 8.92. The van der Waals surface area contributed by atoms with E-state index in [1.165, 1.54) is 19.3 Å². The fraction of sp³-hybridized carbons (Fsp3) is 0.652. The predicted octanol–water partition coefficient (Wildman–Crippen LogP) is 5.01. The number of unbranched alkanes of at least 4 members (excludes halogenated alkanes) is 3. The summed E-state index contributed by atoms with van der Waals surface area (Å²) in [5, 5.41) is 0. The minimum atomic E-state index is -0.435. The van der Waals surface area contributed by atoms with Gasteiger partial charge in [-0.3, -0.25) is 9.59 Å². The van der Waals surface area contributed by atoms with Crippen LogP contribution >= 0.6 is 0 Å². The number of amides is 1. The number of ketones is 1. The van der Waals surface area contributed by atoms with Gasteiger partial charge in [0.1, 0.15) is 0 Å². The van der Waals surface area contributed by atoms with E-state index in [1.807, 2.05) is 33.8 Å². The lowest BCUT2D eigenvalue weighted by molar-refractivity contribution is -0.153. The smallest absolute Gasteiger partial charge is 0.295 e. The number of piperidine rings is 1. The topological polar surface area (TPSA) is 46.6 Å². The van der Waals surface area contributed by atoms with Crippen LogP contribution in [0.3, 0.4) is 0 Å². The SMILES string of the molecule is CCCCCCOC1CC(C)(C)N(C(=O)C(=O)c2ccccc2)C(C)(C)C1. The lowest BCUT2D eigenvalue weighted by Gasteiger charge is -2.54. The Hall–Kier alpha value is -1.68. The fourth-order valence-electron chi connectivity index (χ4n) is 4.45. The second-order valence-electron chi connectivity index (χ2n) is 8.92. The summed E-state index contributed by atoms with van der Waals surface area (Å²) in [6, 6.07) is 8.82. The van der Waals surface area contributed by atoms with Crippen LogP contribution in [0.25, 0.3) is 0 Å². The molecule has 0 saturated carbocycles. The van der Waals surface area contributed by atoms with E-state index in [0.29, 0.717) is 5.56 Å². The van der Waals surface area contributed by atoms with Crippen LogP contribution in [0.4, 0.5) is 0 Å². The third-order valence-corrected chi connectivity index (χ3v) is 5.45. The summed E-state index contributed by atoms with van der Waals surface area (Å²) in [4.78, 5) is 27.6. The quantitative estimate of drug-likeness (QED) is 0.365. The highest BCUT2D eigenvalue weighted by Crippen LogP contribution is 2.40. The standard InChI is InChI=1S/C23H35NO3/c1-6-7-8-12-15-27-19-16-22(2,3)24(23(4,5)17-19)21(26)20(25)18-13-10-9-11-14-18/h9-11,13-14,19H,6-8,12,15-17H2,1-5H3. The molecule has 150 valence electrons. The number of nitrogens with zero attached hydrogens (tertiary/aromatic N) is 1. The molecule has 1 aliphatic rings. The molecular formula is C23H35NO3. The van der Waals surface area contributed by atoms with Gasteiger partial charge < -0.3 is 9.64 Å². The van der Waals surface area contributed by atoms with Crippen molar-refractivity contribution < 1.29 is 14.3 Å². The van der Waals surface area contributed by atoms with Crippen molar-refractivity contribution in [2.75, 3.05) is 6.61 Å². The maximum atomic E-state index is 13.1. The summed E-state index contributed by atoms with van der Waals surface area (Å²) in [5.41, 5.74) is -0.419. The molecule has 0 N–H and O–H groups in total. The van der Waals surface area contributed by atoms with Gasteiger partial charge in [-0.1, -0.05) is 56.5 Å². The van der Waals surface area contributed by atoms with Gasteiger partial charge in [0.25, 0.3) is 5.91 Å². The molecule has 1 fully saturated rings. The molecule has 27 heavy (non-hydrogen) atoms. The Bertz CT molecular complexity index is 618. The Labute approximate surface area is 164 Å². The molecular weight excluding hydrogens is 338 g/mol. The summed E-state index contributed by atoms with van der Waals surface area (Å²) >= 11 is 0. The Kier molecular flexibility index (Phi) is 7.21. The van der Waals surface area contributed by atoms with Crippen molar-refractivity contribution in [3.63, 3.8) is 0 Å². The highest BCUT2D eigenvalue weighted by atomic mass is 16.5. The van der Waals surface area contributed by atoms with Crippen LogP contribution in [0.1, 0.15) is 83.5 Å². The van der Waals surface area contributed by atoms with Crippen LogP contribution in [0.5, 0.6) is 0 Å². The van der Waals surface area contributed by atoms with Gasteiger partial charge in [0.05, 0.1) is 6.10 Å². The van der Waals surface area contributed by atoms with Crippen LogP contribution in [-0.4, -0.2) is 40.4 Å². The Balaban J connectivity index is 2.07. The number of hydrogen-bond donors (Lipinski definition) is 0. The van der Waals surface area contributed by atoms with E-state index in [1.54, 1.807) is 29.2 Å². The molecule has 1 heterocycles. The maximum Gasteiger partial charge on any atom is 0.295 e. The average molecular weight is 374 g/mol. The largest absolute Gasteiger partial charge is 0.378 e. The van der Waals surface area contributed by atoms with E-state index in [-0.39, 0.29) is 6.10 Å². The molecule has 0 spiro atoms. The summed E-state index contributed by atoms with van der Waals surface area (Å²) in [7, 11) is 0. The lowest BCUT2D eigenvalue weighted by Crippen LogP contribution is -2.65. The highest BCUT2D eigenvalue weighted by molar-refractivity contribution is 6.43. The molecule has 1 aromatic rings.